The first-order chi connectivity index (χ1) is 6.85. The lowest BCUT2D eigenvalue weighted by molar-refractivity contribution is 0.0389. The van der Waals surface area contributed by atoms with Gasteiger partial charge in [-0.1, -0.05) is 14.0 Å². The van der Waals surface area contributed by atoms with Crippen LogP contribution in [0.5, 0.6) is 0 Å². The summed E-state index contributed by atoms with van der Waals surface area (Å²) in [5.74, 6) is 0. The predicted octanol–water partition coefficient (Wildman–Crippen LogP) is 1.56. The van der Waals surface area contributed by atoms with Gasteiger partial charge < -0.3 is 4.74 Å². The van der Waals surface area contributed by atoms with E-state index in [2.05, 4.69) is 17.5 Å². The standard InChI is InChI=1S/C7H12N2O.C3H3N.CH4/c8-2-1-3-9-4-6-10-7-5-9;1-2-3-4;/h1,3-7H2;2H,1H2;1H4. The molecule has 0 spiro atoms. The maximum atomic E-state index is 8.29. The van der Waals surface area contributed by atoms with Gasteiger partial charge in [0.1, 0.15) is 0 Å². The Bertz CT molecular complexity index is 221. The van der Waals surface area contributed by atoms with Gasteiger partial charge in [-0.2, -0.15) is 10.5 Å². The summed E-state index contributed by atoms with van der Waals surface area (Å²) >= 11 is 0. The third-order valence-electron chi connectivity index (χ3n) is 1.73. The fourth-order valence-corrected chi connectivity index (χ4v) is 1.03. The molecular weight excluding hydrogens is 190 g/mol. The Morgan fingerprint density at radius 3 is 2.27 bits per heavy atom. The van der Waals surface area contributed by atoms with Crippen LogP contribution in [-0.4, -0.2) is 37.7 Å². The Hall–Kier alpha value is -1.36. The molecule has 4 heteroatoms. The van der Waals surface area contributed by atoms with Gasteiger partial charge in [-0.15, -0.1) is 0 Å². The van der Waals surface area contributed by atoms with Crippen molar-refractivity contribution in [1.29, 1.82) is 10.5 Å². The molecule has 0 atom stereocenters. The van der Waals surface area contributed by atoms with Crippen molar-refractivity contribution < 1.29 is 4.74 Å². The third-order valence-corrected chi connectivity index (χ3v) is 1.73. The van der Waals surface area contributed by atoms with Crippen LogP contribution in [0, 0.1) is 22.7 Å². The highest BCUT2D eigenvalue weighted by atomic mass is 16.5. The molecule has 1 heterocycles. The first-order valence-corrected chi connectivity index (χ1v) is 4.52. The van der Waals surface area contributed by atoms with Gasteiger partial charge in [0.25, 0.3) is 0 Å². The lowest BCUT2D eigenvalue weighted by Gasteiger charge is -2.25. The summed E-state index contributed by atoms with van der Waals surface area (Å²) in [4.78, 5) is 2.26. The van der Waals surface area contributed by atoms with Gasteiger partial charge in [0.15, 0.2) is 0 Å². The molecule has 0 N–H and O–H groups in total. The van der Waals surface area contributed by atoms with E-state index in [0.29, 0.717) is 6.42 Å². The predicted molar refractivity (Wildman–Crippen MR) is 60.0 cm³/mol. The minimum atomic E-state index is 0. The van der Waals surface area contributed by atoms with Crippen LogP contribution < -0.4 is 0 Å². The zero-order chi connectivity index (χ0) is 10.6. The highest BCUT2D eigenvalue weighted by Gasteiger charge is 2.08. The second-order valence-corrected chi connectivity index (χ2v) is 2.70. The number of hydrogen-bond acceptors (Lipinski definition) is 4. The van der Waals surface area contributed by atoms with E-state index in [-0.39, 0.29) is 7.43 Å². The molecule has 1 fully saturated rings. The normalized spacial score (nSPS) is 14.5. The Morgan fingerprint density at radius 1 is 1.33 bits per heavy atom. The fraction of sp³-hybridized carbons (Fsp3) is 0.636. The molecule has 0 aromatic heterocycles. The molecule has 1 aliphatic heterocycles. The molecule has 1 aliphatic rings. The molecule has 0 radical (unpaired) electrons. The minimum absolute atomic E-state index is 0. The Kier molecular flexibility index (Phi) is 13.6. The molecule has 0 amide bonds. The van der Waals surface area contributed by atoms with Crippen molar-refractivity contribution in [1.82, 2.24) is 4.90 Å². The molecule has 4 nitrogen and oxygen atoms in total. The van der Waals surface area contributed by atoms with E-state index in [4.69, 9.17) is 15.3 Å². The van der Waals surface area contributed by atoms with Crippen molar-refractivity contribution in [2.24, 2.45) is 0 Å². The number of nitriles is 2. The summed E-state index contributed by atoms with van der Waals surface area (Å²) in [5, 5.41) is 15.8. The van der Waals surface area contributed by atoms with Crippen molar-refractivity contribution in [3.8, 4) is 12.1 Å². The first-order valence-electron chi connectivity index (χ1n) is 4.52. The fourth-order valence-electron chi connectivity index (χ4n) is 1.03. The molecule has 15 heavy (non-hydrogen) atoms. The van der Waals surface area contributed by atoms with Crippen LogP contribution >= 0.6 is 0 Å². The molecule has 0 bridgehead atoms. The zero-order valence-corrected chi connectivity index (χ0v) is 8.28. The maximum Gasteiger partial charge on any atom is 0.0905 e. The van der Waals surface area contributed by atoms with E-state index in [1.807, 2.05) is 0 Å². The second kappa shape index (κ2) is 12.6. The topological polar surface area (TPSA) is 60.0 Å². The molecule has 0 unspecified atom stereocenters. The van der Waals surface area contributed by atoms with E-state index in [0.717, 1.165) is 32.8 Å². The van der Waals surface area contributed by atoms with Gasteiger partial charge in [0, 0.05) is 32.1 Å². The second-order valence-electron chi connectivity index (χ2n) is 2.70. The molecule has 0 aliphatic carbocycles. The van der Waals surface area contributed by atoms with Gasteiger partial charge in [-0.05, 0) is 0 Å². The maximum absolute atomic E-state index is 8.29. The quantitative estimate of drug-likeness (QED) is 0.648. The van der Waals surface area contributed by atoms with Gasteiger partial charge >= 0.3 is 0 Å². The molecule has 1 saturated heterocycles. The minimum Gasteiger partial charge on any atom is -0.379 e. The number of ether oxygens (including phenoxy) is 1. The van der Waals surface area contributed by atoms with E-state index >= 15 is 0 Å². The van der Waals surface area contributed by atoms with Crippen LogP contribution in [-0.2, 0) is 4.74 Å². The van der Waals surface area contributed by atoms with E-state index < -0.39 is 0 Å². The summed E-state index contributed by atoms with van der Waals surface area (Å²) in [6.45, 7) is 7.65. The summed E-state index contributed by atoms with van der Waals surface area (Å²) in [5.41, 5.74) is 0. The number of rotatable bonds is 2. The third kappa shape index (κ3) is 10.6. The van der Waals surface area contributed by atoms with Gasteiger partial charge in [-0.3, -0.25) is 4.90 Å². The molecule has 1 rings (SSSR count). The number of hydrogen-bond donors (Lipinski definition) is 0. The van der Waals surface area contributed by atoms with Crippen LogP contribution in [0.4, 0.5) is 0 Å². The van der Waals surface area contributed by atoms with Gasteiger partial charge in [0.2, 0.25) is 0 Å². The van der Waals surface area contributed by atoms with Crippen molar-refractivity contribution in [2.75, 3.05) is 32.8 Å². The van der Waals surface area contributed by atoms with Crippen molar-refractivity contribution in [2.45, 2.75) is 13.8 Å². The van der Waals surface area contributed by atoms with Crippen LogP contribution in [0.2, 0.25) is 0 Å². The highest BCUT2D eigenvalue weighted by molar-refractivity contribution is 4.93. The van der Waals surface area contributed by atoms with Gasteiger partial charge in [0.05, 0.1) is 25.4 Å². The summed E-state index contributed by atoms with van der Waals surface area (Å²) in [6, 6.07) is 3.83. The Balaban J connectivity index is 0. The largest absolute Gasteiger partial charge is 0.379 e. The summed E-state index contributed by atoms with van der Waals surface area (Å²) < 4.78 is 5.16. The van der Waals surface area contributed by atoms with Gasteiger partial charge in [-0.25, -0.2) is 0 Å². The number of morpholine rings is 1. The van der Waals surface area contributed by atoms with E-state index in [1.54, 1.807) is 6.07 Å². The van der Waals surface area contributed by atoms with E-state index in [1.165, 1.54) is 6.08 Å². The summed E-state index contributed by atoms with van der Waals surface area (Å²) in [6.07, 6.45) is 1.82. The van der Waals surface area contributed by atoms with Crippen LogP contribution in [0.15, 0.2) is 12.7 Å². The lowest BCUT2D eigenvalue weighted by Crippen LogP contribution is -2.36. The number of nitrogens with zero attached hydrogens (tertiary/aromatic N) is 3. The Morgan fingerprint density at radius 2 is 1.87 bits per heavy atom. The smallest absolute Gasteiger partial charge is 0.0905 e. The average molecular weight is 209 g/mol. The molecule has 0 saturated carbocycles. The first kappa shape index (κ1) is 16.1. The molecule has 84 valence electrons. The molecule has 0 aromatic carbocycles. The van der Waals surface area contributed by atoms with Crippen LogP contribution in [0.1, 0.15) is 13.8 Å². The zero-order valence-electron chi connectivity index (χ0n) is 8.28. The van der Waals surface area contributed by atoms with Crippen molar-refractivity contribution in [3.63, 3.8) is 0 Å². The van der Waals surface area contributed by atoms with E-state index in [9.17, 15) is 0 Å². The molecular formula is C11H19N3O. The monoisotopic (exact) mass is 209 g/mol. The Labute approximate surface area is 92.4 Å². The lowest BCUT2D eigenvalue weighted by atomic mass is 10.3. The van der Waals surface area contributed by atoms with Crippen molar-refractivity contribution in [3.05, 3.63) is 12.7 Å². The average Bonchev–Trinajstić information content (AvgIpc) is 2.28. The SMILES string of the molecule is C.C=CC#N.N#CCCN1CCOCC1. The van der Waals surface area contributed by atoms with Crippen molar-refractivity contribution >= 4 is 0 Å². The summed E-state index contributed by atoms with van der Waals surface area (Å²) in [7, 11) is 0. The van der Waals surface area contributed by atoms with Crippen LogP contribution in [0.3, 0.4) is 0 Å². The molecule has 0 aromatic rings. The highest BCUT2D eigenvalue weighted by Crippen LogP contribution is 1.96. The van der Waals surface area contributed by atoms with Crippen LogP contribution in [0.25, 0.3) is 0 Å². The number of allylic oxidation sites excluding steroid dienone is 1.